The molecule has 0 saturated heterocycles. The first-order valence-electron chi connectivity index (χ1n) is 8.40. The average molecular weight is 334 g/mol. The van der Waals surface area contributed by atoms with Crippen LogP contribution in [0.4, 0.5) is 0 Å². The van der Waals surface area contributed by atoms with Crippen molar-refractivity contribution >= 4 is 17.5 Å². The summed E-state index contributed by atoms with van der Waals surface area (Å²) in [6, 6.07) is 0. The molecule has 0 aromatic carbocycles. The molecule has 130 valence electrons. The maximum atomic E-state index is 4.61. The average Bonchev–Trinajstić information content (AvgIpc) is 2.76. The highest BCUT2D eigenvalue weighted by Crippen LogP contribution is 2.36. The van der Waals surface area contributed by atoms with E-state index in [1.165, 1.54) is 0 Å². The lowest BCUT2D eigenvalue weighted by atomic mass is 10.1. The van der Waals surface area contributed by atoms with E-state index in [0.717, 1.165) is 26.8 Å². The van der Waals surface area contributed by atoms with Crippen LogP contribution in [0.5, 0.6) is 0 Å². The molecule has 0 bridgehead atoms. The normalized spacial score (nSPS) is 13.3. The van der Waals surface area contributed by atoms with Crippen LogP contribution in [0.1, 0.15) is 55.4 Å². The smallest absolute Gasteiger partial charge is 0.0768 e. The molecule has 1 nitrogen and oxygen atoms in total. The fraction of sp³-hybridized carbons (Fsp3) is 0.381. The summed E-state index contributed by atoms with van der Waals surface area (Å²) in [5, 5.41) is 0. The van der Waals surface area contributed by atoms with E-state index in [4.69, 9.17) is 0 Å². The maximum absolute atomic E-state index is 4.61. The quantitative estimate of drug-likeness (QED) is 0.509. The summed E-state index contributed by atoms with van der Waals surface area (Å²) >= 11 is 1.62. The fourth-order valence-corrected chi connectivity index (χ4v) is 2.49. The van der Waals surface area contributed by atoms with Crippen molar-refractivity contribution in [1.29, 1.82) is 0 Å². The van der Waals surface area contributed by atoms with E-state index >= 15 is 0 Å². The monoisotopic (exact) mass is 333 g/mol. The molecule has 0 aromatic heterocycles. The molecular weight excluding hydrogens is 298 g/mol. The maximum Gasteiger partial charge on any atom is 0.0768 e. The molecule has 0 radical (unpaired) electrons. The number of thioether (sulfide) groups is 1. The van der Waals surface area contributed by atoms with Crippen LogP contribution >= 0.6 is 11.8 Å². The van der Waals surface area contributed by atoms with Crippen molar-refractivity contribution < 1.29 is 0 Å². The number of allylic oxidation sites excluding steroid dienone is 6. The first-order valence-corrected chi connectivity index (χ1v) is 9.21. The van der Waals surface area contributed by atoms with Crippen LogP contribution in [0.2, 0.25) is 0 Å². The van der Waals surface area contributed by atoms with E-state index in [9.17, 15) is 0 Å². The van der Waals surface area contributed by atoms with Crippen molar-refractivity contribution in [1.82, 2.24) is 0 Å². The molecule has 1 aliphatic rings. The second-order valence-corrected chi connectivity index (χ2v) is 4.52. The fourth-order valence-electron chi connectivity index (χ4n) is 1.52. The van der Waals surface area contributed by atoms with E-state index in [0.29, 0.717) is 0 Å². The minimum absolute atomic E-state index is 0.932. The minimum Gasteiger partial charge on any atom is -0.252 e. The Balaban J connectivity index is -0.000000595. The standard InChI is InChI=1S/C15H17NS.3C2H6/c1-6-10-13-15(9-4)17-14(8-3)12(7-2)11(5)16-13;3*1-2/h6-10H,2-4H2,1,5H3;3*1-2H3/b10-6-;;;. The third-order valence-corrected chi connectivity index (χ3v) is 3.52. The molecule has 1 rings (SSSR count). The second-order valence-electron chi connectivity index (χ2n) is 3.44. The van der Waals surface area contributed by atoms with E-state index in [-0.39, 0.29) is 0 Å². The van der Waals surface area contributed by atoms with Crippen molar-refractivity contribution in [2.45, 2.75) is 55.4 Å². The molecule has 0 fully saturated rings. The highest BCUT2D eigenvalue weighted by molar-refractivity contribution is 8.07. The van der Waals surface area contributed by atoms with Gasteiger partial charge < -0.3 is 0 Å². The van der Waals surface area contributed by atoms with Gasteiger partial charge in [-0.3, -0.25) is 4.99 Å². The van der Waals surface area contributed by atoms with E-state index < -0.39 is 0 Å². The van der Waals surface area contributed by atoms with Gasteiger partial charge in [0.25, 0.3) is 0 Å². The van der Waals surface area contributed by atoms with Crippen molar-refractivity contribution in [2.75, 3.05) is 0 Å². The number of aliphatic imine (C=N–C) groups is 1. The molecule has 0 atom stereocenters. The lowest BCUT2D eigenvalue weighted by Crippen LogP contribution is -1.95. The Bertz CT molecular complexity index is 474. The first-order chi connectivity index (χ1) is 11.2. The third kappa shape index (κ3) is 9.25. The Morgan fingerprint density at radius 2 is 1.30 bits per heavy atom. The van der Waals surface area contributed by atoms with Gasteiger partial charge in [0.15, 0.2) is 0 Å². The summed E-state index contributed by atoms with van der Waals surface area (Å²) in [7, 11) is 0. The van der Waals surface area contributed by atoms with Gasteiger partial charge in [-0.1, -0.05) is 97.3 Å². The Morgan fingerprint density at radius 3 is 1.65 bits per heavy atom. The summed E-state index contributed by atoms with van der Waals surface area (Å²) in [5.74, 6) is 0. The zero-order valence-corrected chi connectivity index (χ0v) is 17.2. The summed E-state index contributed by atoms with van der Waals surface area (Å²) < 4.78 is 0. The number of hydrogen-bond donors (Lipinski definition) is 0. The van der Waals surface area contributed by atoms with Crippen LogP contribution in [0.3, 0.4) is 0 Å². The molecule has 1 heterocycles. The lowest BCUT2D eigenvalue weighted by molar-refractivity contribution is 1.37. The largest absolute Gasteiger partial charge is 0.252 e. The van der Waals surface area contributed by atoms with Gasteiger partial charge in [-0.15, -0.1) is 0 Å². The van der Waals surface area contributed by atoms with Gasteiger partial charge in [0, 0.05) is 21.1 Å². The molecule has 0 spiro atoms. The van der Waals surface area contributed by atoms with Crippen molar-refractivity contribution in [3.63, 3.8) is 0 Å². The highest BCUT2D eigenvalue weighted by atomic mass is 32.2. The van der Waals surface area contributed by atoms with Gasteiger partial charge >= 0.3 is 0 Å². The molecule has 2 heteroatoms. The molecule has 0 amide bonds. The summed E-state index contributed by atoms with van der Waals surface area (Å²) in [6.45, 7) is 27.5. The Kier molecular flexibility index (Phi) is 21.2. The van der Waals surface area contributed by atoms with Crippen molar-refractivity contribution in [3.05, 3.63) is 71.2 Å². The second kappa shape index (κ2) is 18.5. The van der Waals surface area contributed by atoms with Gasteiger partial charge in [0.05, 0.1) is 5.70 Å². The van der Waals surface area contributed by atoms with Crippen molar-refractivity contribution in [2.24, 2.45) is 4.99 Å². The zero-order chi connectivity index (χ0) is 18.8. The van der Waals surface area contributed by atoms with Gasteiger partial charge in [0.2, 0.25) is 0 Å². The Labute approximate surface area is 149 Å². The Morgan fingerprint density at radius 1 is 0.826 bits per heavy atom. The summed E-state index contributed by atoms with van der Waals surface area (Å²) in [6.07, 6.45) is 9.44. The lowest BCUT2D eigenvalue weighted by Gasteiger charge is -2.04. The SMILES string of the molecule is C=CC1=C(/C=C\C)N=C(C)C(C=C)=C(C=C)S1.CC.CC.CC. The van der Waals surface area contributed by atoms with E-state index in [1.54, 1.807) is 11.8 Å². The van der Waals surface area contributed by atoms with Gasteiger partial charge in [-0.2, -0.15) is 0 Å². The van der Waals surface area contributed by atoms with Crippen molar-refractivity contribution in [3.8, 4) is 0 Å². The molecule has 0 unspecified atom stereocenters. The topological polar surface area (TPSA) is 12.4 Å². The van der Waals surface area contributed by atoms with Gasteiger partial charge in [0.1, 0.15) is 0 Å². The molecule has 0 aliphatic carbocycles. The highest BCUT2D eigenvalue weighted by Gasteiger charge is 2.13. The summed E-state index contributed by atoms with van der Waals surface area (Å²) in [4.78, 5) is 6.71. The molecular formula is C21H35NS. The first kappa shape index (κ1) is 26.4. The predicted octanol–water partition coefficient (Wildman–Crippen LogP) is 7.87. The van der Waals surface area contributed by atoms with Gasteiger partial charge in [-0.25, -0.2) is 0 Å². The van der Waals surface area contributed by atoms with Crippen LogP contribution < -0.4 is 0 Å². The summed E-state index contributed by atoms with van der Waals surface area (Å²) in [5.41, 5.74) is 2.91. The predicted molar refractivity (Wildman–Crippen MR) is 114 cm³/mol. The van der Waals surface area contributed by atoms with Crippen LogP contribution in [-0.4, -0.2) is 5.71 Å². The van der Waals surface area contributed by atoms with Gasteiger partial charge in [-0.05, 0) is 19.9 Å². The molecule has 1 aliphatic heterocycles. The molecule has 0 saturated carbocycles. The Hall–Kier alpha value is -1.54. The van der Waals surface area contributed by atoms with E-state index in [2.05, 4.69) is 24.7 Å². The van der Waals surface area contributed by atoms with Crippen LogP contribution in [0.25, 0.3) is 0 Å². The van der Waals surface area contributed by atoms with Crippen LogP contribution in [0.15, 0.2) is 76.2 Å². The van der Waals surface area contributed by atoms with E-state index in [1.807, 2.05) is 85.8 Å². The minimum atomic E-state index is 0.932. The number of nitrogens with zero attached hydrogens (tertiary/aromatic N) is 1. The molecule has 0 aromatic rings. The molecule has 23 heavy (non-hydrogen) atoms. The number of rotatable bonds is 4. The zero-order valence-electron chi connectivity index (χ0n) is 16.4. The number of hydrogen-bond acceptors (Lipinski definition) is 2. The molecule has 0 N–H and O–H groups in total. The van der Waals surface area contributed by atoms with Crippen LogP contribution in [0, 0.1) is 0 Å². The van der Waals surface area contributed by atoms with Crippen LogP contribution in [-0.2, 0) is 0 Å². The third-order valence-electron chi connectivity index (χ3n) is 2.32.